The van der Waals surface area contributed by atoms with Crippen molar-refractivity contribution in [3.8, 4) is 0 Å². The van der Waals surface area contributed by atoms with Gasteiger partial charge in [0, 0.05) is 17.3 Å². The Labute approximate surface area is 125 Å². The number of carbonyl (C=O) groups is 2. The maximum absolute atomic E-state index is 11.9. The molecule has 0 bridgehead atoms. The SMILES string of the molecule is Nc1ccc(C(=O)NCC(=O)NC2CCCCCC2)cc1. The maximum Gasteiger partial charge on any atom is 0.251 e. The van der Waals surface area contributed by atoms with Crippen LogP contribution in [0.25, 0.3) is 0 Å². The molecule has 0 spiro atoms. The quantitative estimate of drug-likeness (QED) is 0.584. The first-order valence-corrected chi connectivity index (χ1v) is 7.58. The summed E-state index contributed by atoms with van der Waals surface area (Å²) in [6, 6.07) is 6.89. The lowest BCUT2D eigenvalue weighted by Crippen LogP contribution is -2.41. The number of hydrogen-bond donors (Lipinski definition) is 3. The fraction of sp³-hybridized carbons (Fsp3) is 0.500. The topological polar surface area (TPSA) is 84.2 Å². The van der Waals surface area contributed by atoms with Crippen molar-refractivity contribution in [2.45, 2.75) is 44.6 Å². The first-order valence-electron chi connectivity index (χ1n) is 7.58. The van der Waals surface area contributed by atoms with E-state index in [0.29, 0.717) is 11.3 Å². The molecule has 5 heteroatoms. The summed E-state index contributed by atoms with van der Waals surface area (Å²) in [5.41, 5.74) is 6.68. The Bertz CT molecular complexity index is 477. The van der Waals surface area contributed by atoms with Gasteiger partial charge in [-0.2, -0.15) is 0 Å². The molecule has 0 saturated heterocycles. The zero-order valence-corrected chi connectivity index (χ0v) is 12.2. The molecular formula is C16H23N3O2. The second-order valence-corrected chi connectivity index (χ2v) is 5.56. The highest BCUT2D eigenvalue weighted by molar-refractivity contribution is 5.96. The van der Waals surface area contributed by atoms with E-state index < -0.39 is 0 Å². The first kappa shape index (κ1) is 15.4. The van der Waals surface area contributed by atoms with Crippen molar-refractivity contribution in [2.24, 2.45) is 0 Å². The van der Waals surface area contributed by atoms with Crippen LogP contribution < -0.4 is 16.4 Å². The molecule has 0 aliphatic heterocycles. The summed E-state index contributed by atoms with van der Waals surface area (Å²) in [5, 5.41) is 5.63. The number of carbonyl (C=O) groups excluding carboxylic acids is 2. The molecule has 0 radical (unpaired) electrons. The van der Waals surface area contributed by atoms with Crippen molar-refractivity contribution < 1.29 is 9.59 Å². The van der Waals surface area contributed by atoms with Crippen LogP contribution in [-0.2, 0) is 4.79 Å². The Hall–Kier alpha value is -2.04. The van der Waals surface area contributed by atoms with E-state index in [0.717, 1.165) is 12.8 Å². The van der Waals surface area contributed by atoms with E-state index in [9.17, 15) is 9.59 Å². The van der Waals surface area contributed by atoms with Crippen LogP contribution in [0.4, 0.5) is 5.69 Å². The van der Waals surface area contributed by atoms with Gasteiger partial charge in [0.1, 0.15) is 0 Å². The summed E-state index contributed by atoms with van der Waals surface area (Å²) in [4.78, 5) is 23.7. The normalized spacial score (nSPS) is 16.0. The van der Waals surface area contributed by atoms with Crippen LogP contribution in [0.1, 0.15) is 48.9 Å². The van der Waals surface area contributed by atoms with E-state index in [1.807, 2.05) is 0 Å². The molecule has 4 N–H and O–H groups in total. The third-order valence-electron chi connectivity index (χ3n) is 3.80. The number of nitrogens with one attached hydrogen (secondary N) is 2. The molecule has 21 heavy (non-hydrogen) atoms. The van der Waals surface area contributed by atoms with Gasteiger partial charge in [0.05, 0.1) is 6.54 Å². The van der Waals surface area contributed by atoms with Crippen molar-refractivity contribution in [2.75, 3.05) is 12.3 Å². The molecule has 1 fully saturated rings. The van der Waals surface area contributed by atoms with Gasteiger partial charge in [-0.1, -0.05) is 25.7 Å². The van der Waals surface area contributed by atoms with Gasteiger partial charge < -0.3 is 16.4 Å². The average Bonchev–Trinajstić information content (AvgIpc) is 2.74. The van der Waals surface area contributed by atoms with Crippen molar-refractivity contribution in [3.05, 3.63) is 29.8 Å². The minimum Gasteiger partial charge on any atom is -0.399 e. The number of nitrogen functional groups attached to an aromatic ring is 1. The largest absolute Gasteiger partial charge is 0.399 e. The molecule has 1 aromatic carbocycles. The highest BCUT2D eigenvalue weighted by atomic mass is 16.2. The van der Waals surface area contributed by atoms with Crippen LogP contribution in [0.2, 0.25) is 0 Å². The minimum atomic E-state index is -0.258. The van der Waals surface area contributed by atoms with Gasteiger partial charge in [0.2, 0.25) is 5.91 Å². The van der Waals surface area contributed by atoms with E-state index in [4.69, 9.17) is 5.73 Å². The Kier molecular flexibility index (Phi) is 5.60. The molecule has 0 atom stereocenters. The van der Waals surface area contributed by atoms with E-state index in [1.165, 1.54) is 25.7 Å². The molecule has 5 nitrogen and oxygen atoms in total. The zero-order valence-electron chi connectivity index (χ0n) is 12.2. The molecule has 2 amide bonds. The molecule has 114 valence electrons. The predicted octanol–water partition coefficient (Wildman–Crippen LogP) is 1.84. The summed E-state index contributed by atoms with van der Waals surface area (Å²) >= 11 is 0. The number of amides is 2. The van der Waals surface area contributed by atoms with Gasteiger partial charge in [0.15, 0.2) is 0 Å². The minimum absolute atomic E-state index is 0.0136. The second kappa shape index (κ2) is 7.67. The summed E-state index contributed by atoms with van der Waals surface area (Å²) in [6.07, 6.45) is 6.92. The highest BCUT2D eigenvalue weighted by Gasteiger charge is 2.15. The lowest BCUT2D eigenvalue weighted by molar-refractivity contribution is -0.120. The standard InChI is InChI=1S/C16H23N3O2/c17-13-9-7-12(8-10-13)16(21)18-11-15(20)19-14-5-3-1-2-4-6-14/h7-10,14H,1-6,11,17H2,(H,18,21)(H,19,20). The second-order valence-electron chi connectivity index (χ2n) is 5.56. The summed E-state index contributed by atoms with van der Waals surface area (Å²) in [6.45, 7) is 0.0136. The molecule has 0 heterocycles. The van der Waals surface area contributed by atoms with E-state index in [1.54, 1.807) is 24.3 Å². The molecule has 1 aliphatic carbocycles. The molecule has 2 rings (SSSR count). The molecular weight excluding hydrogens is 266 g/mol. The van der Waals surface area contributed by atoms with Gasteiger partial charge >= 0.3 is 0 Å². The number of rotatable bonds is 4. The Morgan fingerprint density at radius 2 is 1.67 bits per heavy atom. The number of benzene rings is 1. The Balaban J connectivity index is 1.75. The predicted molar refractivity (Wildman–Crippen MR) is 82.8 cm³/mol. The van der Waals surface area contributed by atoms with Gasteiger partial charge in [-0.15, -0.1) is 0 Å². The zero-order chi connectivity index (χ0) is 15.1. The number of hydrogen-bond acceptors (Lipinski definition) is 3. The van der Waals surface area contributed by atoms with Gasteiger partial charge in [-0.25, -0.2) is 0 Å². The van der Waals surface area contributed by atoms with Crippen LogP contribution in [0, 0.1) is 0 Å². The third-order valence-corrected chi connectivity index (χ3v) is 3.80. The highest BCUT2D eigenvalue weighted by Crippen LogP contribution is 2.16. The van der Waals surface area contributed by atoms with Crippen LogP contribution in [0.5, 0.6) is 0 Å². The van der Waals surface area contributed by atoms with Crippen molar-refractivity contribution in [1.82, 2.24) is 10.6 Å². The van der Waals surface area contributed by atoms with Gasteiger partial charge in [-0.3, -0.25) is 9.59 Å². The van der Waals surface area contributed by atoms with E-state index in [-0.39, 0.29) is 24.4 Å². The molecule has 0 aromatic heterocycles. The molecule has 0 unspecified atom stereocenters. The van der Waals surface area contributed by atoms with Crippen LogP contribution in [0.3, 0.4) is 0 Å². The molecule has 1 aromatic rings. The van der Waals surface area contributed by atoms with Crippen molar-refractivity contribution >= 4 is 17.5 Å². The van der Waals surface area contributed by atoms with Crippen LogP contribution in [-0.4, -0.2) is 24.4 Å². The number of nitrogens with two attached hydrogens (primary N) is 1. The first-order chi connectivity index (χ1) is 10.1. The Morgan fingerprint density at radius 1 is 1.05 bits per heavy atom. The lowest BCUT2D eigenvalue weighted by atomic mass is 10.1. The average molecular weight is 289 g/mol. The van der Waals surface area contributed by atoms with Gasteiger partial charge in [-0.05, 0) is 37.1 Å². The van der Waals surface area contributed by atoms with E-state index >= 15 is 0 Å². The van der Waals surface area contributed by atoms with Crippen molar-refractivity contribution in [1.29, 1.82) is 0 Å². The Morgan fingerprint density at radius 3 is 2.29 bits per heavy atom. The molecule has 1 saturated carbocycles. The summed E-state index contributed by atoms with van der Waals surface area (Å²) < 4.78 is 0. The van der Waals surface area contributed by atoms with Crippen LogP contribution >= 0.6 is 0 Å². The van der Waals surface area contributed by atoms with Crippen LogP contribution in [0.15, 0.2) is 24.3 Å². The lowest BCUT2D eigenvalue weighted by Gasteiger charge is -2.16. The number of anilines is 1. The fourth-order valence-corrected chi connectivity index (χ4v) is 2.60. The molecule has 1 aliphatic rings. The summed E-state index contributed by atoms with van der Waals surface area (Å²) in [7, 11) is 0. The fourth-order valence-electron chi connectivity index (χ4n) is 2.60. The smallest absolute Gasteiger partial charge is 0.251 e. The van der Waals surface area contributed by atoms with Crippen molar-refractivity contribution in [3.63, 3.8) is 0 Å². The van der Waals surface area contributed by atoms with Gasteiger partial charge in [0.25, 0.3) is 5.91 Å². The summed E-state index contributed by atoms with van der Waals surface area (Å²) in [5.74, 6) is -0.378. The monoisotopic (exact) mass is 289 g/mol. The van der Waals surface area contributed by atoms with E-state index in [2.05, 4.69) is 10.6 Å². The maximum atomic E-state index is 11.9. The third kappa shape index (κ3) is 5.10.